The van der Waals surface area contributed by atoms with Gasteiger partial charge in [0.2, 0.25) is 0 Å². The van der Waals surface area contributed by atoms with E-state index in [-0.39, 0.29) is 12.3 Å². The first kappa shape index (κ1) is 14.3. The lowest BCUT2D eigenvalue weighted by Gasteiger charge is -2.24. The molecule has 7 nitrogen and oxygen atoms in total. The number of rotatable bonds is 4. The molecule has 0 saturated carbocycles. The van der Waals surface area contributed by atoms with Gasteiger partial charge in [-0.05, 0) is 30.0 Å². The summed E-state index contributed by atoms with van der Waals surface area (Å²) in [6.07, 6.45) is 1.26. The minimum absolute atomic E-state index is 0.0251. The fourth-order valence-electron chi connectivity index (χ4n) is 2.71. The normalized spacial score (nSPS) is 19.7. The van der Waals surface area contributed by atoms with Crippen molar-refractivity contribution in [2.24, 2.45) is 0 Å². The third-order valence-corrected chi connectivity index (χ3v) is 3.86. The zero-order valence-electron chi connectivity index (χ0n) is 11.6. The van der Waals surface area contributed by atoms with Gasteiger partial charge in [-0.3, -0.25) is 14.9 Å². The van der Waals surface area contributed by atoms with Gasteiger partial charge in [-0.25, -0.2) is 0 Å². The second kappa shape index (κ2) is 5.27. The zero-order chi connectivity index (χ0) is 15.7. The van der Waals surface area contributed by atoms with Crippen LogP contribution in [0.15, 0.2) is 40.8 Å². The van der Waals surface area contributed by atoms with Crippen molar-refractivity contribution < 1.29 is 19.2 Å². The van der Waals surface area contributed by atoms with Crippen molar-refractivity contribution in [2.45, 2.75) is 18.4 Å². The topological polar surface area (TPSA) is 106 Å². The summed E-state index contributed by atoms with van der Waals surface area (Å²) in [5, 5.41) is 23.8. The van der Waals surface area contributed by atoms with E-state index < -0.39 is 22.3 Å². The Morgan fingerprint density at radius 1 is 1.36 bits per heavy atom. The number of nitro groups is 1. The Hall–Kier alpha value is -2.67. The van der Waals surface area contributed by atoms with Crippen molar-refractivity contribution in [3.8, 4) is 0 Å². The lowest BCUT2D eigenvalue weighted by Crippen LogP contribution is -2.39. The van der Waals surface area contributed by atoms with Crippen molar-refractivity contribution in [3.63, 3.8) is 0 Å². The number of nitrogens with one attached hydrogen (secondary N) is 1. The van der Waals surface area contributed by atoms with Gasteiger partial charge in [0.15, 0.2) is 5.76 Å². The molecule has 1 unspecified atom stereocenters. The van der Waals surface area contributed by atoms with Crippen LogP contribution in [0.25, 0.3) is 0 Å². The van der Waals surface area contributed by atoms with Crippen LogP contribution in [-0.2, 0) is 12.0 Å². The zero-order valence-corrected chi connectivity index (χ0v) is 11.6. The quantitative estimate of drug-likeness (QED) is 0.661. The van der Waals surface area contributed by atoms with Gasteiger partial charge in [-0.15, -0.1) is 0 Å². The minimum atomic E-state index is -1.12. The summed E-state index contributed by atoms with van der Waals surface area (Å²) in [6.45, 7) is 0.0251. The monoisotopic (exact) mass is 302 g/mol. The summed E-state index contributed by atoms with van der Waals surface area (Å²) in [5.41, 5.74) is 0.749. The Balaban J connectivity index is 1.70. The molecule has 0 saturated heterocycles. The summed E-state index contributed by atoms with van der Waals surface area (Å²) >= 11 is 0. The van der Waals surface area contributed by atoms with Crippen LogP contribution in [0.3, 0.4) is 0 Å². The molecule has 1 heterocycles. The van der Waals surface area contributed by atoms with Gasteiger partial charge in [0.25, 0.3) is 5.91 Å². The smallest absolute Gasteiger partial charge is 0.395 e. The number of benzene rings is 1. The van der Waals surface area contributed by atoms with Crippen molar-refractivity contribution >= 4 is 11.8 Å². The van der Waals surface area contributed by atoms with E-state index in [1.54, 1.807) is 0 Å². The number of nitrogens with zero attached hydrogens (tertiary/aromatic N) is 1. The molecule has 1 aromatic carbocycles. The molecule has 0 fully saturated rings. The molecular weight excluding hydrogens is 288 g/mol. The van der Waals surface area contributed by atoms with Gasteiger partial charge >= 0.3 is 5.88 Å². The van der Waals surface area contributed by atoms with Crippen LogP contribution in [0.1, 0.15) is 28.1 Å². The maximum absolute atomic E-state index is 12.0. The highest BCUT2D eigenvalue weighted by Crippen LogP contribution is 2.36. The Labute approximate surface area is 125 Å². The molecule has 0 bridgehead atoms. The predicted octanol–water partition coefficient (Wildman–Crippen LogP) is 1.75. The Morgan fingerprint density at radius 3 is 2.86 bits per heavy atom. The number of carbonyl (C=O) groups excluding carboxylic acids is 1. The summed E-state index contributed by atoms with van der Waals surface area (Å²) in [6, 6.07) is 9.89. The van der Waals surface area contributed by atoms with Gasteiger partial charge in [0.1, 0.15) is 10.5 Å². The first-order valence-corrected chi connectivity index (χ1v) is 6.83. The molecule has 22 heavy (non-hydrogen) atoms. The summed E-state index contributed by atoms with van der Waals surface area (Å²) in [4.78, 5) is 21.8. The number of aliphatic hydroxyl groups is 1. The van der Waals surface area contributed by atoms with Crippen molar-refractivity contribution in [1.82, 2.24) is 5.32 Å². The number of hydrogen-bond donors (Lipinski definition) is 2. The number of amides is 1. The number of fused-ring (bicyclic) bond motifs is 1. The SMILES string of the molecule is O=C(NCC1(O)CCc2ccccc21)c1ccc([N+](=O)[O-])o1. The molecule has 2 aromatic rings. The third kappa shape index (κ3) is 2.46. The maximum Gasteiger partial charge on any atom is 0.433 e. The highest BCUT2D eigenvalue weighted by molar-refractivity contribution is 5.91. The number of furan rings is 1. The van der Waals surface area contributed by atoms with E-state index >= 15 is 0 Å². The second-order valence-electron chi connectivity index (χ2n) is 5.27. The summed E-state index contributed by atoms with van der Waals surface area (Å²) < 4.78 is 4.83. The lowest BCUT2D eigenvalue weighted by molar-refractivity contribution is -0.402. The standard InChI is InChI=1S/C15H14N2O5/c18-14(12-5-6-13(22-12)17(20)21)16-9-15(19)8-7-10-3-1-2-4-11(10)15/h1-6,19H,7-9H2,(H,16,18). The Morgan fingerprint density at radius 2 is 2.14 bits per heavy atom. The largest absolute Gasteiger partial charge is 0.433 e. The average Bonchev–Trinajstić information content (AvgIpc) is 3.12. The molecule has 114 valence electrons. The predicted molar refractivity (Wildman–Crippen MR) is 76.4 cm³/mol. The van der Waals surface area contributed by atoms with Crippen LogP contribution in [-0.4, -0.2) is 22.5 Å². The number of aryl methyl sites for hydroxylation is 1. The lowest BCUT2D eigenvalue weighted by atomic mass is 9.96. The minimum Gasteiger partial charge on any atom is -0.395 e. The van der Waals surface area contributed by atoms with E-state index in [9.17, 15) is 20.0 Å². The highest BCUT2D eigenvalue weighted by atomic mass is 16.6. The molecule has 0 radical (unpaired) electrons. The molecule has 1 atom stereocenters. The van der Waals surface area contributed by atoms with Crippen LogP contribution < -0.4 is 5.32 Å². The molecule has 1 amide bonds. The third-order valence-electron chi connectivity index (χ3n) is 3.86. The molecule has 1 aromatic heterocycles. The summed E-state index contributed by atoms with van der Waals surface area (Å²) in [5.74, 6) is -1.23. The van der Waals surface area contributed by atoms with E-state index in [1.165, 1.54) is 6.07 Å². The molecule has 0 aliphatic heterocycles. The van der Waals surface area contributed by atoms with Crippen LogP contribution in [0.5, 0.6) is 0 Å². The average molecular weight is 302 g/mol. The Kier molecular flexibility index (Phi) is 3.42. The molecule has 0 spiro atoms. The van der Waals surface area contributed by atoms with Crippen LogP contribution in [0.4, 0.5) is 5.88 Å². The second-order valence-corrected chi connectivity index (χ2v) is 5.27. The van der Waals surface area contributed by atoms with E-state index in [0.29, 0.717) is 6.42 Å². The number of carbonyl (C=O) groups is 1. The molecule has 2 N–H and O–H groups in total. The van der Waals surface area contributed by atoms with Crippen LogP contribution in [0.2, 0.25) is 0 Å². The fraction of sp³-hybridized carbons (Fsp3) is 0.267. The van der Waals surface area contributed by atoms with E-state index in [0.717, 1.165) is 23.6 Å². The molecular formula is C15H14N2O5. The summed E-state index contributed by atoms with van der Waals surface area (Å²) in [7, 11) is 0. The van der Waals surface area contributed by atoms with Gasteiger partial charge in [0, 0.05) is 0 Å². The highest BCUT2D eigenvalue weighted by Gasteiger charge is 2.36. The first-order valence-electron chi connectivity index (χ1n) is 6.83. The van der Waals surface area contributed by atoms with Gasteiger partial charge in [-0.1, -0.05) is 24.3 Å². The van der Waals surface area contributed by atoms with Gasteiger partial charge in [0.05, 0.1) is 12.6 Å². The van der Waals surface area contributed by atoms with E-state index in [2.05, 4.69) is 5.32 Å². The maximum atomic E-state index is 12.0. The molecule has 3 rings (SSSR count). The van der Waals surface area contributed by atoms with E-state index in [1.807, 2.05) is 24.3 Å². The Bertz CT molecular complexity index is 739. The molecule has 7 heteroatoms. The van der Waals surface area contributed by atoms with Gasteiger partial charge < -0.3 is 14.8 Å². The van der Waals surface area contributed by atoms with Crippen molar-refractivity contribution in [3.05, 3.63) is 63.4 Å². The first-order chi connectivity index (χ1) is 10.5. The molecule has 1 aliphatic carbocycles. The van der Waals surface area contributed by atoms with Crippen molar-refractivity contribution in [1.29, 1.82) is 0 Å². The van der Waals surface area contributed by atoms with Crippen LogP contribution >= 0.6 is 0 Å². The van der Waals surface area contributed by atoms with Gasteiger partial charge in [-0.2, -0.15) is 0 Å². The van der Waals surface area contributed by atoms with Crippen molar-refractivity contribution in [2.75, 3.05) is 6.54 Å². The van der Waals surface area contributed by atoms with E-state index in [4.69, 9.17) is 4.42 Å². The fourth-order valence-corrected chi connectivity index (χ4v) is 2.71. The molecule has 1 aliphatic rings. The number of hydrogen-bond acceptors (Lipinski definition) is 5. The van der Waals surface area contributed by atoms with Crippen LogP contribution in [0, 0.1) is 10.1 Å².